The Bertz CT molecular complexity index is 2060. The van der Waals surface area contributed by atoms with Crippen LogP contribution in [-0.2, 0) is 25.6 Å². The van der Waals surface area contributed by atoms with Gasteiger partial charge in [-0.15, -0.1) is 6.58 Å². The summed E-state index contributed by atoms with van der Waals surface area (Å²) in [5, 5.41) is 29.6. The van der Waals surface area contributed by atoms with E-state index in [0.29, 0.717) is 49.6 Å². The number of nitrogens with one attached hydrogen (secondary N) is 1. The van der Waals surface area contributed by atoms with Crippen molar-refractivity contribution >= 4 is 28.7 Å². The van der Waals surface area contributed by atoms with Crippen LogP contribution in [0.4, 0.5) is 9.59 Å². The molecule has 2 fully saturated rings. The van der Waals surface area contributed by atoms with Gasteiger partial charge in [-0.05, 0) is 104 Å². The van der Waals surface area contributed by atoms with Crippen molar-refractivity contribution in [3.05, 3.63) is 96.1 Å². The summed E-state index contributed by atoms with van der Waals surface area (Å²) in [5.74, 6) is -1.43. The van der Waals surface area contributed by atoms with Crippen LogP contribution < -0.4 is 14.8 Å². The van der Waals surface area contributed by atoms with Gasteiger partial charge < -0.3 is 44.1 Å². The Balaban J connectivity index is 1.47. The van der Waals surface area contributed by atoms with Crippen molar-refractivity contribution in [1.82, 2.24) is 10.2 Å². The van der Waals surface area contributed by atoms with Crippen molar-refractivity contribution in [1.29, 1.82) is 0 Å². The minimum atomic E-state index is -1.50. The second-order valence-corrected chi connectivity index (χ2v) is 16.6. The van der Waals surface area contributed by atoms with Gasteiger partial charge in [0.25, 0.3) is 0 Å². The number of hydrogen-bond donors (Lipinski definition) is 3. The third-order valence-corrected chi connectivity index (χ3v) is 12.7. The second-order valence-electron chi connectivity index (χ2n) is 16.6. The lowest BCUT2D eigenvalue weighted by Gasteiger charge is -2.60. The molecule has 2 aliphatic carbocycles. The Kier molecular flexibility index (Phi) is 15.6. The highest BCUT2D eigenvalue weighted by Crippen LogP contribution is 2.62. The van der Waals surface area contributed by atoms with E-state index in [2.05, 4.69) is 36.2 Å². The van der Waals surface area contributed by atoms with Crippen molar-refractivity contribution in [2.45, 2.75) is 109 Å². The third kappa shape index (κ3) is 9.81. The van der Waals surface area contributed by atoms with Crippen LogP contribution in [0.1, 0.15) is 95.1 Å². The highest BCUT2D eigenvalue weighted by Gasteiger charge is 2.65. The molecule has 0 spiro atoms. The van der Waals surface area contributed by atoms with Crippen molar-refractivity contribution in [3.8, 4) is 11.5 Å². The molecular formula is C49H63N3O10. The van der Waals surface area contributed by atoms with Crippen LogP contribution in [0, 0.1) is 17.8 Å². The molecule has 1 saturated heterocycles. The van der Waals surface area contributed by atoms with E-state index in [-0.39, 0.29) is 57.1 Å². The van der Waals surface area contributed by atoms with Gasteiger partial charge in [0, 0.05) is 44.1 Å². The Morgan fingerprint density at radius 3 is 2.58 bits per heavy atom. The van der Waals surface area contributed by atoms with E-state index in [9.17, 15) is 19.8 Å². The molecule has 2 amide bonds. The number of carbonyl (C=O) groups is 2. The summed E-state index contributed by atoms with van der Waals surface area (Å²) >= 11 is 0. The minimum absolute atomic E-state index is 0.0141. The van der Waals surface area contributed by atoms with E-state index in [0.717, 1.165) is 66.0 Å². The number of rotatable bonds is 19. The van der Waals surface area contributed by atoms with Crippen LogP contribution in [0.3, 0.4) is 0 Å². The molecule has 7 atom stereocenters. The highest BCUT2D eigenvalue weighted by molar-refractivity contribution is 6.03. The molecule has 2 aliphatic heterocycles. The molecule has 1 unspecified atom stereocenters. The summed E-state index contributed by atoms with van der Waals surface area (Å²) in [7, 11) is 0. The molecule has 0 radical (unpaired) electrons. The molecule has 0 aromatic heterocycles. The number of aliphatic hydroxyl groups is 2. The van der Waals surface area contributed by atoms with Crippen molar-refractivity contribution in [2.75, 3.05) is 39.6 Å². The quantitative estimate of drug-likeness (QED) is 0.0605. The molecule has 1 saturated carbocycles. The lowest BCUT2D eigenvalue weighted by atomic mass is 9.55. The number of benzene rings is 3. The maximum absolute atomic E-state index is 14.7. The van der Waals surface area contributed by atoms with Crippen molar-refractivity contribution < 1.29 is 48.3 Å². The molecule has 2 heterocycles. The molecular weight excluding hydrogens is 791 g/mol. The van der Waals surface area contributed by atoms with E-state index in [1.807, 2.05) is 43.3 Å². The van der Waals surface area contributed by atoms with Crippen LogP contribution in [0.25, 0.3) is 10.8 Å². The maximum Gasteiger partial charge on any atom is 0.412 e. The summed E-state index contributed by atoms with van der Waals surface area (Å²) in [6, 6.07) is 18.8. The topological polar surface area (TPSA) is 158 Å². The third-order valence-electron chi connectivity index (χ3n) is 12.7. The van der Waals surface area contributed by atoms with Crippen LogP contribution in [0.2, 0.25) is 0 Å². The fraction of sp³-hybridized carbons (Fsp3) is 0.531. The number of unbranched alkanes of at least 4 members (excludes halogenated alkanes) is 2. The van der Waals surface area contributed by atoms with E-state index < -0.39 is 36.2 Å². The molecule has 3 N–H and O–H groups in total. The standard InChI is InChI=1S/C49H63N3O10/c1-4-27-59-49-43(52(48(56)57-6-3)32-35-19-15-18-33-16-7-8-20-37(33)35)31-41(51-62-44-22-11-14-28-58-44)39-29-34(17-9-12-25-53)38(21-10-13-26-54)45(46(39)49)40-30-36(23-24-42(40)61-49)60-47(55)50-5-2/h4,7-8,15-16,18-20,23-24,29-30,34,38,43-46,53-54H,1,5-6,9-14,17,21-22,25-28,31-32H2,2-3H3,(H,50,55)/t34-,38+,43-,44?,45+,46+,49+/m0/s1. The molecule has 0 bridgehead atoms. The first-order valence-electron chi connectivity index (χ1n) is 22.6. The van der Waals surface area contributed by atoms with Crippen molar-refractivity contribution in [3.63, 3.8) is 0 Å². The van der Waals surface area contributed by atoms with Crippen LogP contribution in [0.15, 0.2) is 90.1 Å². The predicted octanol–water partition coefficient (Wildman–Crippen LogP) is 8.77. The maximum atomic E-state index is 14.7. The molecule has 4 aliphatic rings. The number of oxime groups is 1. The molecule has 3 aromatic rings. The molecule has 13 nitrogen and oxygen atoms in total. The minimum Gasteiger partial charge on any atom is -0.459 e. The van der Waals surface area contributed by atoms with Crippen molar-refractivity contribution in [2.24, 2.45) is 22.9 Å². The van der Waals surface area contributed by atoms with Gasteiger partial charge in [0.05, 0.1) is 38.0 Å². The largest absolute Gasteiger partial charge is 0.459 e. The van der Waals surface area contributed by atoms with Gasteiger partial charge in [0.1, 0.15) is 17.5 Å². The van der Waals surface area contributed by atoms with Gasteiger partial charge in [-0.1, -0.05) is 72.6 Å². The first kappa shape index (κ1) is 45.1. The number of ether oxygens (including phenoxy) is 5. The SMILES string of the molecule is C=CCO[C@@]12Oc3ccc(OC(=O)NCC)cc3[C@H]3[C@H](CCCCO)[C@@H](CCCCO)C=C(C(=NOC4CCCCO4)C[C@@H]1N(Cc1cccc4ccccc14)C(=O)OCC)[C@H]32. The Morgan fingerprint density at radius 2 is 1.82 bits per heavy atom. The lowest BCUT2D eigenvalue weighted by Crippen LogP contribution is -2.70. The van der Waals surface area contributed by atoms with Gasteiger partial charge in [-0.25, -0.2) is 9.59 Å². The molecule has 7 rings (SSSR count). The summed E-state index contributed by atoms with van der Waals surface area (Å²) < 4.78 is 32.2. The number of aliphatic hydroxyl groups excluding tert-OH is 2. The predicted molar refractivity (Wildman–Crippen MR) is 236 cm³/mol. The monoisotopic (exact) mass is 853 g/mol. The first-order chi connectivity index (χ1) is 30.3. The summed E-state index contributed by atoms with van der Waals surface area (Å²) in [6.07, 6.45) is 9.60. The number of allylic oxidation sites excluding steroid dienone is 1. The van der Waals surface area contributed by atoms with Crippen LogP contribution in [-0.4, -0.2) is 90.7 Å². The number of fused-ring (bicyclic) bond motifs is 3. The lowest BCUT2D eigenvalue weighted by molar-refractivity contribution is -0.256. The second kappa shape index (κ2) is 21.4. The van der Waals surface area contributed by atoms with E-state index >= 15 is 0 Å². The normalized spacial score (nSPS) is 25.7. The number of hydrogen-bond acceptors (Lipinski definition) is 11. The average molecular weight is 854 g/mol. The van der Waals surface area contributed by atoms with Crippen LogP contribution >= 0.6 is 0 Å². The van der Waals surface area contributed by atoms with E-state index in [1.54, 1.807) is 24.0 Å². The molecule has 13 heteroatoms. The summed E-state index contributed by atoms with van der Waals surface area (Å²) in [6.45, 7) is 9.26. The van der Waals surface area contributed by atoms with Gasteiger partial charge >= 0.3 is 12.2 Å². The highest BCUT2D eigenvalue weighted by atomic mass is 16.8. The number of carbonyl (C=O) groups excluding carboxylic acids is 2. The Labute approximate surface area is 365 Å². The Hall–Kier alpha value is -4.95. The van der Waals surface area contributed by atoms with Gasteiger partial charge in [0.15, 0.2) is 0 Å². The molecule has 3 aromatic carbocycles. The summed E-state index contributed by atoms with van der Waals surface area (Å²) in [5.41, 5.74) is 3.32. The first-order valence-corrected chi connectivity index (χ1v) is 22.6. The van der Waals surface area contributed by atoms with Gasteiger partial charge in [0.2, 0.25) is 12.1 Å². The molecule has 62 heavy (non-hydrogen) atoms. The summed E-state index contributed by atoms with van der Waals surface area (Å²) in [4.78, 5) is 35.5. The van der Waals surface area contributed by atoms with E-state index in [1.165, 1.54) is 0 Å². The Morgan fingerprint density at radius 1 is 1.02 bits per heavy atom. The zero-order valence-corrected chi connectivity index (χ0v) is 36.2. The zero-order chi connectivity index (χ0) is 43.5. The fourth-order valence-electron chi connectivity index (χ4n) is 10.0. The van der Waals surface area contributed by atoms with Gasteiger partial charge in [-0.2, -0.15) is 0 Å². The fourth-order valence-corrected chi connectivity index (χ4v) is 10.0. The van der Waals surface area contributed by atoms with Gasteiger partial charge in [-0.3, -0.25) is 4.90 Å². The van der Waals surface area contributed by atoms with E-state index in [4.69, 9.17) is 33.7 Å². The number of nitrogens with zero attached hydrogens (tertiary/aromatic N) is 2. The average Bonchev–Trinajstić information content (AvgIpc) is 3.28. The zero-order valence-electron chi connectivity index (χ0n) is 36.2. The number of amides is 2. The smallest absolute Gasteiger partial charge is 0.412 e. The van der Waals surface area contributed by atoms with Crippen LogP contribution in [0.5, 0.6) is 11.5 Å². The molecule has 334 valence electrons.